The molecule has 0 spiro atoms. The third-order valence-electron chi connectivity index (χ3n) is 2.35. The van der Waals surface area contributed by atoms with Gasteiger partial charge in [-0.25, -0.2) is 4.39 Å². The van der Waals surface area contributed by atoms with Crippen LogP contribution in [0.15, 0.2) is 40.8 Å². The molecule has 5 nitrogen and oxygen atoms in total. The van der Waals surface area contributed by atoms with E-state index >= 15 is 0 Å². The fourth-order valence-corrected chi connectivity index (χ4v) is 1.49. The second kappa shape index (κ2) is 6.12. The number of hydrogen-bond donors (Lipinski definition) is 2. The minimum atomic E-state index is -0.557. The van der Waals surface area contributed by atoms with Crippen molar-refractivity contribution in [1.82, 2.24) is 5.48 Å². The lowest BCUT2D eigenvalue weighted by Crippen LogP contribution is -2.24. The third-order valence-corrected chi connectivity index (χ3v) is 2.35. The lowest BCUT2D eigenvalue weighted by molar-refractivity contribution is -0.125. The number of hydroxylamine groups is 1. The molecule has 0 atom stereocenters. The fourth-order valence-electron chi connectivity index (χ4n) is 1.49. The Morgan fingerprint density at radius 2 is 2.00 bits per heavy atom. The molecule has 0 aliphatic rings. The van der Waals surface area contributed by atoms with E-state index in [1.165, 1.54) is 12.1 Å². The van der Waals surface area contributed by atoms with E-state index in [2.05, 4.69) is 5.48 Å². The number of primary amides is 1. The van der Waals surface area contributed by atoms with Crippen LogP contribution in [0.5, 0.6) is 0 Å². The first-order chi connectivity index (χ1) is 9.15. The summed E-state index contributed by atoms with van der Waals surface area (Å²) in [6.07, 6.45) is 0. The topological polar surface area (TPSA) is 77.5 Å². The first kappa shape index (κ1) is 13.3. The van der Waals surface area contributed by atoms with Gasteiger partial charge in [0.05, 0.1) is 6.54 Å². The molecule has 6 heteroatoms. The lowest BCUT2D eigenvalue weighted by Gasteiger charge is -2.01. The summed E-state index contributed by atoms with van der Waals surface area (Å²) in [7, 11) is 0. The maximum Gasteiger partial charge on any atom is 0.245 e. The summed E-state index contributed by atoms with van der Waals surface area (Å²) in [5.41, 5.74) is 8.24. The molecule has 3 N–H and O–H groups in total. The van der Waals surface area contributed by atoms with Crippen LogP contribution in [-0.4, -0.2) is 12.5 Å². The van der Waals surface area contributed by atoms with Gasteiger partial charge in [0.15, 0.2) is 0 Å². The standard InChI is InChI=1S/C13H13FN2O3/c14-10-3-1-9(2-4-10)12-6-5-11(19-12)7-16-18-8-13(15)17/h1-6,16H,7-8H2,(H2,15,17). The molecular formula is C13H13FN2O3. The average Bonchev–Trinajstić information content (AvgIpc) is 2.84. The van der Waals surface area contributed by atoms with E-state index < -0.39 is 5.91 Å². The highest BCUT2D eigenvalue weighted by Crippen LogP contribution is 2.22. The van der Waals surface area contributed by atoms with Crippen molar-refractivity contribution in [2.24, 2.45) is 5.73 Å². The summed E-state index contributed by atoms with van der Waals surface area (Å²) in [4.78, 5) is 15.2. The molecule has 1 amide bonds. The number of rotatable bonds is 6. The van der Waals surface area contributed by atoms with Crippen LogP contribution in [0.25, 0.3) is 11.3 Å². The van der Waals surface area contributed by atoms with Gasteiger partial charge in [0, 0.05) is 5.56 Å². The maximum absolute atomic E-state index is 12.8. The zero-order valence-electron chi connectivity index (χ0n) is 10.1. The zero-order chi connectivity index (χ0) is 13.7. The number of hydrogen-bond acceptors (Lipinski definition) is 4. The maximum atomic E-state index is 12.8. The van der Waals surface area contributed by atoms with Gasteiger partial charge in [-0.3, -0.25) is 9.63 Å². The molecule has 100 valence electrons. The third kappa shape index (κ3) is 3.90. The molecule has 0 saturated carbocycles. The van der Waals surface area contributed by atoms with Gasteiger partial charge in [0.2, 0.25) is 5.91 Å². The Labute approximate surface area is 109 Å². The van der Waals surface area contributed by atoms with Gasteiger partial charge in [0.1, 0.15) is 23.9 Å². The van der Waals surface area contributed by atoms with Crippen molar-refractivity contribution in [3.05, 3.63) is 48.0 Å². The molecule has 0 bridgehead atoms. The smallest absolute Gasteiger partial charge is 0.245 e. The minimum Gasteiger partial charge on any atom is -0.460 e. The largest absolute Gasteiger partial charge is 0.460 e. The monoisotopic (exact) mass is 264 g/mol. The van der Waals surface area contributed by atoms with Gasteiger partial charge in [-0.2, -0.15) is 5.48 Å². The first-order valence-electron chi connectivity index (χ1n) is 5.63. The molecule has 2 rings (SSSR count). The van der Waals surface area contributed by atoms with Crippen LogP contribution in [0.1, 0.15) is 5.76 Å². The Hall–Kier alpha value is -2.18. The molecule has 0 unspecified atom stereocenters. The highest BCUT2D eigenvalue weighted by atomic mass is 19.1. The van der Waals surface area contributed by atoms with Crippen molar-refractivity contribution < 1.29 is 18.4 Å². The van der Waals surface area contributed by atoms with E-state index in [9.17, 15) is 9.18 Å². The molecule has 0 aliphatic heterocycles. The number of carbonyl (C=O) groups is 1. The van der Waals surface area contributed by atoms with Crippen LogP contribution in [0.4, 0.5) is 4.39 Å². The van der Waals surface area contributed by atoms with E-state index in [0.29, 0.717) is 18.1 Å². The van der Waals surface area contributed by atoms with Gasteiger partial charge >= 0.3 is 0 Å². The van der Waals surface area contributed by atoms with Crippen LogP contribution in [-0.2, 0) is 16.2 Å². The van der Waals surface area contributed by atoms with Crippen molar-refractivity contribution in [3.8, 4) is 11.3 Å². The lowest BCUT2D eigenvalue weighted by atomic mass is 10.2. The summed E-state index contributed by atoms with van der Waals surface area (Å²) in [6, 6.07) is 9.54. The minimum absolute atomic E-state index is 0.203. The summed E-state index contributed by atoms with van der Waals surface area (Å²) in [6.45, 7) is 0.0972. The highest BCUT2D eigenvalue weighted by Gasteiger charge is 2.05. The first-order valence-corrected chi connectivity index (χ1v) is 5.63. The Kier molecular flexibility index (Phi) is 4.27. The molecular weight excluding hydrogens is 251 g/mol. The van der Waals surface area contributed by atoms with E-state index in [4.69, 9.17) is 15.0 Å². The molecule has 19 heavy (non-hydrogen) atoms. The number of carbonyl (C=O) groups excluding carboxylic acids is 1. The van der Waals surface area contributed by atoms with Crippen LogP contribution in [0.2, 0.25) is 0 Å². The van der Waals surface area contributed by atoms with Crippen molar-refractivity contribution in [2.45, 2.75) is 6.54 Å². The fraction of sp³-hybridized carbons (Fsp3) is 0.154. The molecule has 0 radical (unpaired) electrons. The number of nitrogens with two attached hydrogens (primary N) is 1. The van der Waals surface area contributed by atoms with Gasteiger partial charge < -0.3 is 10.2 Å². The molecule has 1 aromatic carbocycles. The van der Waals surface area contributed by atoms with Crippen LogP contribution < -0.4 is 11.2 Å². The van der Waals surface area contributed by atoms with Crippen molar-refractivity contribution >= 4 is 5.91 Å². The number of furan rings is 1. The summed E-state index contributed by atoms with van der Waals surface area (Å²) in [5, 5.41) is 0. The van der Waals surface area contributed by atoms with Gasteiger partial charge in [0.25, 0.3) is 0 Å². The molecule has 0 saturated heterocycles. The van der Waals surface area contributed by atoms with E-state index in [1.54, 1.807) is 24.3 Å². The highest BCUT2D eigenvalue weighted by molar-refractivity contribution is 5.74. The van der Waals surface area contributed by atoms with Gasteiger partial charge in [-0.05, 0) is 36.4 Å². The SMILES string of the molecule is NC(=O)CONCc1ccc(-c2ccc(F)cc2)o1. The predicted octanol–water partition coefficient (Wildman–Crippen LogP) is 1.59. The van der Waals surface area contributed by atoms with E-state index in [-0.39, 0.29) is 12.4 Å². The van der Waals surface area contributed by atoms with Crippen molar-refractivity contribution in [2.75, 3.05) is 6.61 Å². The summed E-state index contributed by atoms with van der Waals surface area (Å²) >= 11 is 0. The summed E-state index contributed by atoms with van der Waals surface area (Å²) < 4.78 is 18.3. The number of halogens is 1. The molecule has 2 aromatic rings. The Morgan fingerprint density at radius 3 is 2.68 bits per heavy atom. The average molecular weight is 264 g/mol. The van der Waals surface area contributed by atoms with Crippen LogP contribution in [0, 0.1) is 5.82 Å². The molecule has 1 heterocycles. The molecule has 1 aromatic heterocycles. The quantitative estimate of drug-likeness (QED) is 0.613. The van der Waals surface area contributed by atoms with E-state index in [0.717, 1.165) is 5.56 Å². The van der Waals surface area contributed by atoms with Crippen molar-refractivity contribution in [1.29, 1.82) is 0 Å². The normalized spacial score (nSPS) is 10.6. The number of amides is 1. The molecule has 0 fully saturated rings. The predicted molar refractivity (Wildman–Crippen MR) is 66.1 cm³/mol. The Bertz CT molecular complexity index is 551. The number of nitrogens with one attached hydrogen (secondary N) is 1. The van der Waals surface area contributed by atoms with Crippen molar-refractivity contribution in [3.63, 3.8) is 0 Å². The molecule has 0 aliphatic carbocycles. The zero-order valence-corrected chi connectivity index (χ0v) is 10.1. The summed E-state index contributed by atoms with van der Waals surface area (Å²) in [5.74, 6) is 0.409. The van der Waals surface area contributed by atoms with Crippen LogP contribution >= 0.6 is 0 Å². The van der Waals surface area contributed by atoms with E-state index in [1.807, 2.05) is 0 Å². The van der Waals surface area contributed by atoms with Gasteiger partial charge in [-0.15, -0.1) is 0 Å². The second-order valence-electron chi connectivity index (χ2n) is 3.85. The Balaban J connectivity index is 1.91. The Morgan fingerprint density at radius 1 is 1.26 bits per heavy atom. The number of benzene rings is 1. The van der Waals surface area contributed by atoms with Gasteiger partial charge in [-0.1, -0.05) is 0 Å². The van der Waals surface area contributed by atoms with Crippen LogP contribution in [0.3, 0.4) is 0 Å². The second-order valence-corrected chi connectivity index (χ2v) is 3.85.